The van der Waals surface area contributed by atoms with Crippen LogP contribution in [-0.2, 0) is 17.8 Å². The highest BCUT2D eigenvalue weighted by atomic mass is 16.6. The van der Waals surface area contributed by atoms with Gasteiger partial charge in [-0.15, -0.1) is 10.2 Å². The van der Waals surface area contributed by atoms with E-state index in [2.05, 4.69) is 20.5 Å². The summed E-state index contributed by atoms with van der Waals surface area (Å²) in [6, 6.07) is 11.1. The van der Waals surface area contributed by atoms with Gasteiger partial charge in [0.1, 0.15) is 24.7 Å². The first-order valence-electron chi connectivity index (χ1n) is 9.27. The van der Waals surface area contributed by atoms with Crippen LogP contribution >= 0.6 is 0 Å². The molecule has 1 aliphatic heterocycles. The van der Waals surface area contributed by atoms with Crippen molar-refractivity contribution in [3.8, 4) is 23.0 Å². The number of rotatable bonds is 6. The van der Waals surface area contributed by atoms with Crippen LogP contribution in [0.2, 0.25) is 0 Å². The number of nitrogens with one attached hydrogen (secondary N) is 1. The van der Waals surface area contributed by atoms with E-state index >= 15 is 0 Å². The number of fused-ring (bicyclic) bond motifs is 1. The lowest BCUT2D eigenvalue weighted by atomic mass is 10.2. The van der Waals surface area contributed by atoms with Crippen molar-refractivity contribution in [1.82, 2.24) is 19.7 Å². The van der Waals surface area contributed by atoms with E-state index in [1.54, 1.807) is 24.4 Å². The van der Waals surface area contributed by atoms with Crippen molar-refractivity contribution in [1.29, 1.82) is 0 Å². The second-order valence-electron chi connectivity index (χ2n) is 6.31. The molecule has 0 saturated carbocycles. The first-order valence-corrected chi connectivity index (χ1v) is 9.27. The molecule has 0 bridgehead atoms. The summed E-state index contributed by atoms with van der Waals surface area (Å²) in [6.07, 6.45) is 2.52. The summed E-state index contributed by atoms with van der Waals surface area (Å²) < 4.78 is 13.0. The fourth-order valence-electron chi connectivity index (χ4n) is 3.11. The molecule has 0 unspecified atom stereocenters. The number of pyridine rings is 1. The number of benzene rings is 1. The second kappa shape index (κ2) is 8.08. The molecule has 8 nitrogen and oxygen atoms in total. The Labute approximate surface area is 162 Å². The summed E-state index contributed by atoms with van der Waals surface area (Å²) in [5, 5.41) is 11.4. The fourth-order valence-corrected chi connectivity index (χ4v) is 3.11. The Hall–Kier alpha value is -3.42. The zero-order valence-electron chi connectivity index (χ0n) is 15.6. The van der Waals surface area contributed by atoms with Gasteiger partial charge in [0.25, 0.3) is 0 Å². The van der Waals surface area contributed by atoms with Gasteiger partial charge in [-0.2, -0.15) is 0 Å². The number of aryl methyl sites for hydroxylation is 1. The Balaban J connectivity index is 1.41. The smallest absolute Gasteiger partial charge is 0.224 e. The second-order valence-corrected chi connectivity index (χ2v) is 6.31. The highest BCUT2D eigenvalue weighted by Crippen LogP contribution is 2.32. The Morgan fingerprint density at radius 3 is 2.79 bits per heavy atom. The van der Waals surface area contributed by atoms with Gasteiger partial charge >= 0.3 is 0 Å². The summed E-state index contributed by atoms with van der Waals surface area (Å²) in [4.78, 5) is 16.7. The Morgan fingerprint density at radius 1 is 1.14 bits per heavy atom. The topological polar surface area (TPSA) is 91.2 Å². The quantitative estimate of drug-likeness (QED) is 0.708. The number of nitrogens with zero attached hydrogens (tertiary/aromatic N) is 4. The number of hydrogen-bond donors (Lipinski definition) is 1. The van der Waals surface area contributed by atoms with Gasteiger partial charge in [-0.05, 0) is 31.2 Å². The van der Waals surface area contributed by atoms with E-state index in [1.807, 2.05) is 29.7 Å². The number of carbonyl (C=O) groups excluding carboxylic acids is 1. The van der Waals surface area contributed by atoms with E-state index in [4.69, 9.17) is 9.47 Å². The van der Waals surface area contributed by atoms with Crippen LogP contribution in [-0.4, -0.2) is 38.9 Å². The van der Waals surface area contributed by atoms with Crippen LogP contribution in [0.3, 0.4) is 0 Å². The third-order valence-corrected chi connectivity index (χ3v) is 4.44. The lowest BCUT2D eigenvalue weighted by molar-refractivity contribution is -0.116. The standard InChI is InChI=1S/C20H21N5O3/c1-2-25-18(23-24-20(25)15-5-3-4-10-21-15)8-9-19(26)22-14-6-7-16-17(13-14)28-12-11-27-16/h3-7,10,13H,2,8-9,11-12H2,1H3,(H,22,26). The molecule has 144 valence electrons. The van der Waals surface area contributed by atoms with Gasteiger partial charge in [0.15, 0.2) is 17.3 Å². The van der Waals surface area contributed by atoms with Crippen molar-refractivity contribution in [3.63, 3.8) is 0 Å². The number of hydrogen-bond acceptors (Lipinski definition) is 6. The number of carbonyl (C=O) groups is 1. The highest BCUT2D eigenvalue weighted by Gasteiger charge is 2.16. The van der Waals surface area contributed by atoms with Gasteiger partial charge in [-0.25, -0.2) is 0 Å². The Kier molecular flexibility index (Phi) is 5.18. The zero-order chi connectivity index (χ0) is 19.3. The van der Waals surface area contributed by atoms with E-state index in [-0.39, 0.29) is 5.91 Å². The average Bonchev–Trinajstić information content (AvgIpc) is 3.16. The maximum Gasteiger partial charge on any atom is 0.224 e. The number of aromatic nitrogens is 4. The molecule has 0 aliphatic carbocycles. The van der Waals surface area contributed by atoms with Crippen LogP contribution in [0, 0.1) is 0 Å². The van der Waals surface area contributed by atoms with Gasteiger partial charge in [-0.1, -0.05) is 6.07 Å². The zero-order valence-corrected chi connectivity index (χ0v) is 15.6. The minimum atomic E-state index is -0.0956. The van der Waals surface area contributed by atoms with Crippen molar-refractivity contribution < 1.29 is 14.3 Å². The van der Waals surface area contributed by atoms with Gasteiger partial charge < -0.3 is 19.4 Å². The van der Waals surface area contributed by atoms with Gasteiger partial charge in [0, 0.05) is 37.3 Å². The molecule has 0 saturated heterocycles. The van der Waals surface area contributed by atoms with Crippen molar-refractivity contribution in [2.75, 3.05) is 18.5 Å². The van der Waals surface area contributed by atoms with Crippen LogP contribution in [0.25, 0.3) is 11.5 Å². The number of ether oxygens (including phenoxy) is 2. The van der Waals surface area contributed by atoms with Crippen LogP contribution in [0.1, 0.15) is 19.2 Å². The van der Waals surface area contributed by atoms with Crippen molar-refractivity contribution in [3.05, 3.63) is 48.4 Å². The summed E-state index contributed by atoms with van der Waals surface area (Å²) in [5.74, 6) is 2.73. The van der Waals surface area contributed by atoms with Crippen LogP contribution in [0.4, 0.5) is 5.69 Å². The molecule has 28 heavy (non-hydrogen) atoms. The molecule has 1 aromatic carbocycles. The number of amides is 1. The summed E-state index contributed by atoms with van der Waals surface area (Å²) >= 11 is 0. The molecule has 3 heterocycles. The lowest BCUT2D eigenvalue weighted by Crippen LogP contribution is -2.17. The molecule has 1 N–H and O–H groups in total. The SMILES string of the molecule is CCn1c(CCC(=O)Nc2ccc3c(c2)OCCO3)nnc1-c1ccccn1. The van der Waals surface area contributed by atoms with Gasteiger partial charge in [0.2, 0.25) is 5.91 Å². The Morgan fingerprint density at radius 2 is 2.00 bits per heavy atom. The third kappa shape index (κ3) is 3.80. The summed E-state index contributed by atoms with van der Waals surface area (Å²) in [6.45, 7) is 3.78. The molecule has 1 aliphatic rings. The largest absolute Gasteiger partial charge is 0.486 e. The maximum atomic E-state index is 12.4. The highest BCUT2D eigenvalue weighted by molar-refractivity contribution is 5.91. The normalized spacial score (nSPS) is 12.6. The summed E-state index contributed by atoms with van der Waals surface area (Å²) in [5.41, 5.74) is 1.45. The van der Waals surface area contributed by atoms with Crippen LogP contribution in [0.15, 0.2) is 42.6 Å². The molecule has 0 spiro atoms. The minimum Gasteiger partial charge on any atom is -0.486 e. The van der Waals surface area contributed by atoms with E-state index in [9.17, 15) is 4.79 Å². The average molecular weight is 379 g/mol. The molecular weight excluding hydrogens is 358 g/mol. The lowest BCUT2D eigenvalue weighted by Gasteiger charge is -2.19. The third-order valence-electron chi connectivity index (χ3n) is 4.44. The summed E-state index contributed by atoms with van der Waals surface area (Å²) in [7, 11) is 0. The Bertz CT molecular complexity index is 971. The maximum absolute atomic E-state index is 12.4. The molecule has 4 rings (SSSR count). The molecule has 2 aromatic heterocycles. The molecule has 8 heteroatoms. The fraction of sp³-hybridized carbons (Fsp3) is 0.300. The molecule has 0 atom stereocenters. The van der Waals surface area contributed by atoms with Crippen molar-refractivity contribution >= 4 is 11.6 Å². The predicted octanol–water partition coefficient (Wildman–Crippen LogP) is 2.70. The molecule has 3 aromatic rings. The molecule has 0 fully saturated rings. The van der Waals surface area contributed by atoms with E-state index in [1.165, 1.54) is 0 Å². The van der Waals surface area contributed by atoms with Gasteiger partial charge in [0.05, 0.1) is 0 Å². The predicted molar refractivity (Wildman–Crippen MR) is 103 cm³/mol. The van der Waals surface area contributed by atoms with Crippen LogP contribution in [0.5, 0.6) is 11.5 Å². The number of anilines is 1. The molecule has 1 amide bonds. The van der Waals surface area contributed by atoms with Crippen LogP contribution < -0.4 is 14.8 Å². The molecule has 0 radical (unpaired) electrons. The van der Waals surface area contributed by atoms with E-state index < -0.39 is 0 Å². The van der Waals surface area contributed by atoms with E-state index in [0.717, 1.165) is 11.5 Å². The minimum absolute atomic E-state index is 0.0956. The molecular formula is C20H21N5O3. The first kappa shape index (κ1) is 18.0. The van der Waals surface area contributed by atoms with Gasteiger partial charge in [-0.3, -0.25) is 9.78 Å². The first-order chi connectivity index (χ1) is 13.7. The van der Waals surface area contributed by atoms with E-state index in [0.29, 0.717) is 55.6 Å². The monoisotopic (exact) mass is 379 g/mol. The van der Waals surface area contributed by atoms with Crippen molar-refractivity contribution in [2.24, 2.45) is 0 Å². The van der Waals surface area contributed by atoms with Crippen molar-refractivity contribution in [2.45, 2.75) is 26.3 Å².